The molecule has 0 atom stereocenters. The Morgan fingerprint density at radius 2 is 2.12 bits per heavy atom. The number of fused-ring (bicyclic) bond motifs is 1. The summed E-state index contributed by atoms with van der Waals surface area (Å²) in [6.07, 6.45) is 4.53. The molecule has 0 unspecified atom stereocenters. The molecule has 0 saturated carbocycles. The van der Waals surface area contributed by atoms with Gasteiger partial charge in [0.2, 0.25) is 0 Å². The van der Waals surface area contributed by atoms with Crippen molar-refractivity contribution < 1.29 is 4.74 Å². The van der Waals surface area contributed by atoms with Gasteiger partial charge in [0, 0.05) is 18.5 Å². The summed E-state index contributed by atoms with van der Waals surface area (Å²) in [4.78, 5) is 7.01. The molecule has 4 nitrogen and oxygen atoms in total. The van der Waals surface area contributed by atoms with E-state index in [4.69, 9.17) is 4.74 Å². The van der Waals surface area contributed by atoms with Gasteiger partial charge in [-0.15, -0.1) is 0 Å². The number of nitriles is 1. The molecule has 0 N–H and O–H groups in total. The van der Waals surface area contributed by atoms with Crippen molar-refractivity contribution in [1.82, 2.24) is 4.98 Å². The largest absolute Gasteiger partial charge is 0.494 e. The van der Waals surface area contributed by atoms with E-state index in [9.17, 15) is 5.26 Å². The molecule has 1 fully saturated rings. The standard InChI is InChI=1S/C19H23N3OS/c1-13-16(11-20)19(22-9-7-14(8-10-22)12-24-3)15-5-4-6-17(23-2)18(15)21-13/h4-6,14H,7-10,12H2,1-3H3. The van der Waals surface area contributed by atoms with E-state index in [0.29, 0.717) is 5.56 Å². The van der Waals surface area contributed by atoms with Crippen LogP contribution in [0.1, 0.15) is 24.1 Å². The van der Waals surface area contributed by atoms with Crippen LogP contribution in [0.4, 0.5) is 5.69 Å². The van der Waals surface area contributed by atoms with Crippen LogP contribution in [0, 0.1) is 24.2 Å². The number of nitrogens with zero attached hydrogens (tertiary/aromatic N) is 3. The predicted molar refractivity (Wildman–Crippen MR) is 101 cm³/mol. The highest BCUT2D eigenvalue weighted by atomic mass is 32.2. The van der Waals surface area contributed by atoms with Gasteiger partial charge < -0.3 is 9.64 Å². The Hall–Kier alpha value is -1.93. The van der Waals surface area contributed by atoms with Crippen molar-refractivity contribution in [1.29, 1.82) is 5.26 Å². The van der Waals surface area contributed by atoms with Crippen molar-refractivity contribution in [2.45, 2.75) is 19.8 Å². The number of aryl methyl sites for hydroxylation is 1. The number of benzene rings is 1. The smallest absolute Gasteiger partial charge is 0.145 e. The summed E-state index contributed by atoms with van der Waals surface area (Å²) in [6, 6.07) is 8.33. The molecular weight excluding hydrogens is 318 g/mol. The van der Waals surface area contributed by atoms with Crippen LogP contribution in [-0.2, 0) is 0 Å². The first-order chi connectivity index (χ1) is 11.7. The van der Waals surface area contributed by atoms with Gasteiger partial charge >= 0.3 is 0 Å². The van der Waals surface area contributed by atoms with E-state index in [2.05, 4.69) is 28.3 Å². The van der Waals surface area contributed by atoms with Crippen LogP contribution in [0.25, 0.3) is 10.9 Å². The number of hydrogen-bond acceptors (Lipinski definition) is 5. The lowest BCUT2D eigenvalue weighted by Gasteiger charge is -2.34. The number of thioether (sulfide) groups is 1. The van der Waals surface area contributed by atoms with Crippen molar-refractivity contribution in [2.75, 3.05) is 37.1 Å². The molecule has 3 rings (SSSR count). The zero-order valence-electron chi connectivity index (χ0n) is 14.5. The second kappa shape index (κ2) is 7.31. The molecule has 0 bridgehead atoms. The molecule has 2 heterocycles. The molecule has 1 saturated heterocycles. The number of anilines is 1. The van der Waals surface area contributed by atoms with E-state index in [1.165, 1.54) is 18.6 Å². The molecule has 0 radical (unpaired) electrons. The molecule has 2 aromatic rings. The SMILES string of the molecule is COc1cccc2c(N3CCC(CSC)CC3)c(C#N)c(C)nc12. The molecule has 24 heavy (non-hydrogen) atoms. The first-order valence-corrected chi connectivity index (χ1v) is 9.70. The summed E-state index contributed by atoms with van der Waals surface area (Å²) in [5, 5.41) is 10.7. The van der Waals surface area contributed by atoms with Gasteiger partial charge in [0.05, 0.1) is 24.1 Å². The maximum atomic E-state index is 9.70. The zero-order chi connectivity index (χ0) is 17.1. The lowest BCUT2D eigenvalue weighted by atomic mass is 9.96. The van der Waals surface area contributed by atoms with Gasteiger partial charge in [-0.2, -0.15) is 17.0 Å². The number of aromatic nitrogens is 1. The van der Waals surface area contributed by atoms with Crippen LogP contribution >= 0.6 is 11.8 Å². The van der Waals surface area contributed by atoms with E-state index < -0.39 is 0 Å². The minimum Gasteiger partial charge on any atom is -0.494 e. The van der Waals surface area contributed by atoms with Gasteiger partial charge in [-0.25, -0.2) is 4.98 Å². The zero-order valence-corrected chi connectivity index (χ0v) is 15.3. The number of methoxy groups -OCH3 is 1. The van der Waals surface area contributed by atoms with Gasteiger partial charge in [-0.05, 0) is 43.8 Å². The van der Waals surface area contributed by atoms with Crippen LogP contribution in [0.2, 0.25) is 0 Å². The van der Waals surface area contributed by atoms with Crippen LogP contribution in [0.5, 0.6) is 5.75 Å². The Labute approximate surface area is 147 Å². The Bertz CT molecular complexity index is 776. The minimum absolute atomic E-state index is 0.694. The number of pyridine rings is 1. The van der Waals surface area contributed by atoms with Crippen LogP contribution in [0.3, 0.4) is 0 Å². The van der Waals surface area contributed by atoms with Crippen molar-refractivity contribution >= 4 is 28.4 Å². The predicted octanol–water partition coefficient (Wildman–Crippen LogP) is 4.00. The van der Waals surface area contributed by atoms with E-state index in [1.807, 2.05) is 30.8 Å². The molecule has 0 amide bonds. The van der Waals surface area contributed by atoms with Crippen molar-refractivity contribution in [2.24, 2.45) is 5.92 Å². The third-order valence-electron chi connectivity index (χ3n) is 4.80. The topological polar surface area (TPSA) is 49.1 Å². The monoisotopic (exact) mass is 341 g/mol. The Morgan fingerprint density at radius 1 is 1.38 bits per heavy atom. The average molecular weight is 341 g/mol. The highest BCUT2D eigenvalue weighted by Gasteiger charge is 2.24. The van der Waals surface area contributed by atoms with E-state index in [-0.39, 0.29) is 0 Å². The fourth-order valence-electron chi connectivity index (χ4n) is 3.54. The highest BCUT2D eigenvalue weighted by molar-refractivity contribution is 7.98. The second-order valence-electron chi connectivity index (χ2n) is 6.27. The lowest BCUT2D eigenvalue weighted by molar-refractivity contribution is 0.418. The van der Waals surface area contributed by atoms with Crippen molar-refractivity contribution in [3.05, 3.63) is 29.5 Å². The Balaban J connectivity index is 2.08. The first kappa shape index (κ1) is 16.9. The lowest BCUT2D eigenvalue weighted by Crippen LogP contribution is -2.35. The maximum absolute atomic E-state index is 9.70. The Kier molecular flexibility index (Phi) is 5.15. The molecule has 5 heteroatoms. The number of rotatable bonds is 4. The fraction of sp³-hybridized carbons (Fsp3) is 0.474. The van der Waals surface area contributed by atoms with Gasteiger partial charge in [0.15, 0.2) is 0 Å². The van der Waals surface area contributed by atoms with E-state index >= 15 is 0 Å². The number of ether oxygens (including phenoxy) is 1. The van der Waals surface area contributed by atoms with Gasteiger partial charge in [0.1, 0.15) is 17.3 Å². The second-order valence-corrected chi connectivity index (χ2v) is 7.19. The quantitative estimate of drug-likeness (QED) is 0.841. The number of hydrogen-bond donors (Lipinski definition) is 0. The summed E-state index contributed by atoms with van der Waals surface area (Å²) in [5.41, 5.74) is 3.34. The molecule has 1 aromatic heterocycles. The summed E-state index contributed by atoms with van der Waals surface area (Å²) in [6.45, 7) is 3.90. The molecular formula is C19H23N3OS. The minimum atomic E-state index is 0.694. The normalized spacial score (nSPS) is 15.5. The van der Waals surface area contributed by atoms with Crippen LogP contribution < -0.4 is 9.64 Å². The fourth-order valence-corrected chi connectivity index (χ4v) is 4.35. The van der Waals surface area contributed by atoms with Crippen molar-refractivity contribution in [3.8, 4) is 11.8 Å². The summed E-state index contributed by atoms with van der Waals surface area (Å²) in [5.74, 6) is 2.77. The summed E-state index contributed by atoms with van der Waals surface area (Å²) >= 11 is 1.93. The van der Waals surface area contributed by atoms with Gasteiger partial charge in [-0.1, -0.05) is 12.1 Å². The third-order valence-corrected chi connectivity index (χ3v) is 5.60. The summed E-state index contributed by atoms with van der Waals surface area (Å²) in [7, 11) is 1.66. The molecule has 1 aliphatic heterocycles. The molecule has 1 aliphatic rings. The van der Waals surface area contributed by atoms with Crippen molar-refractivity contribution in [3.63, 3.8) is 0 Å². The first-order valence-electron chi connectivity index (χ1n) is 8.30. The molecule has 1 aromatic carbocycles. The highest BCUT2D eigenvalue weighted by Crippen LogP contribution is 2.37. The van der Waals surface area contributed by atoms with Crippen LogP contribution in [0.15, 0.2) is 18.2 Å². The Morgan fingerprint density at radius 3 is 2.75 bits per heavy atom. The molecule has 126 valence electrons. The number of piperidine rings is 1. The average Bonchev–Trinajstić information content (AvgIpc) is 2.61. The van der Waals surface area contributed by atoms with Gasteiger partial charge in [-0.3, -0.25) is 0 Å². The van der Waals surface area contributed by atoms with Gasteiger partial charge in [0.25, 0.3) is 0 Å². The third kappa shape index (κ3) is 3.03. The van der Waals surface area contributed by atoms with E-state index in [1.54, 1.807) is 7.11 Å². The van der Waals surface area contributed by atoms with E-state index in [0.717, 1.165) is 47.0 Å². The molecule has 0 spiro atoms. The summed E-state index contributed by atoms with van der Waals surface area (Å²) < 4.78 is 5.48. The van der Waals surface area contributed by atoms with Crippen LogP contribution in [-0.4, -0.2) is 37.2 Å². The number of para-hydroxylation sites is 1. The molecule has 0 aliphatic carbocycles. The maximum Gasteiger partial charge on any atom is 0.145 e.